The largest absolute Gasteiger partial charge is 0.453 e. The first kappa shape index (κ1) is 34.2. The van der Waals surface area contributed by atoms with Gasteiger partial charge in [-0.1, -0.05) is 176 Å². The first-order valence-electron chi connectivity index (χ1n) is 21.4. The summed E-state index contributed by atoms with van der Waals surface area (Å²) in [6.45, 7) is 0. The minimum absolute atomic E-state index is 0.377. The van der Waals surface area contributed by atoms with E-state index in [1.807, 2.05) is 0 Å². The maximum absolute atomic E-state index is 7.01. The molecule has 0 saturated carbocycles. The average Bonchev–Trinajstić information content (AvgIpc) is 3.97. The summed E-state index contributed by atoms with van der Waals surface area (Å²) >= 11 is 0. The van der Waals surface area contributed by atoms with Gasteiger partial charge >= 0.3 is 0 Å². The van der Waals surface area contributed by atoms with E-state index in [4.69, 9.17) is 4.42 Å². The smallest absolute Gasteiger partial charge is 0.159 e. The molecule has 3 aliphatic carbocycles. The van der Waals surface area contributed by atoms with Gasteiger partial charge in [0, 0.05) is 27.7 Å². The van der Waals surface area contributed by atoms with Gasteiger partial charge in [-0.15, -0.1) is 0 Å². The Morgan fingerprint density at radius 1 is 0.410 bits per heavy atom. The number of para-hydroxylation sites is 2. The third-order valence-corrected chi connectivity index (χ3v) is 13.6. The summed E-state index contributed by atoms with van der Waals surface area (Å²) in [5.41, 5.74) is 22.6. The number of hydrogen-bond donors (Lipinski definition) is 0. The molecule has 2 heteroatoms. The second-order valence-electron chi connectivity index (χ2n) is 16.7. The lowest BCUT2D eigenvalue weighted by atomic mass is 9.70. The van der Waals surface area contributed by atoms with Gasteiger partial charge in [0.1, 0.15) is 5.58 Å². The lowest BCUT2D eigenvalue weighted by Crippen LogP contribution is -2.25. The molecular formula is C59H39NO. The Bertz CT molecular complexity index is 3360. The normalized spacial score (nSPS) is 13.8. The maximum Gasteiger partial charge on any atom is 0.159 e. The van der Waals surface area contributed by atoms with Crippen molar-refractivity contribution in [3.8, 4) is 44.5 Å². The van der Waals surface area contributed by atoms with Crippen molar-refractivity contribution in [2.75, 3.05) is 4.90 Å². The van der Waals surface area contributed by atoms with E-state index < -0.39 is 0 Å². The van der Waals surface area contributed by atoms with E-state index in [9.17, 15) is 0 Å². The van der Waals surface area contributed by atoms with Crippen LogP contribution in [0.25, 0.3) is 72.5 Å². The van der Waals surface area contributed by atoms with Gasteiger partial charge in [-0.2, -0.15) is 0 Å². The van der Waals surface area contributed by atoms with Crippen LogP contribution in [0.2, 0.25) is 0 Å². The minimum atomic E-state index is -0.377. The fourth-order valence-electron chi connectivity index (χ4n) is 10.9. The number of allylic oxidation sites excluding steroid dienone is 1. The summed E-state index contributed by atoms with van der Waals surface area (Å²) in [6, 6.07) is 73.9. The topological polar surface area (TPSA) is 16.4 Å². The maximum atomic E-state index is 7.01. The van der Waals surface area contributed by atoms with E-state index in [0.29, 0.717) is 0 Å². The highest BCUT2D eigenvalue weighted by Gasteiger charge is 2.51. The zero-order chi connectivity index (χ0) is 40.1. The molecule has 3 aliphatic rings. The number of nitrogens with zero attached hydrogens (tertiary/aromatic N) is 1. The first-order chi connectivity index (χ1) is 30.3. The molecule has 0 atom stereocenters. The minimum Gasteiger partial charge on any atom is -0.453 e. The monoisotopic (exact) mass is 777 g/mol. The van der Waals surface area contributed by atoms with E-state index in [-0.39, 0.29) is 5.41 Å². The van der Waals surface area contributed by atoms with E-state index in [1.165, 1.54) is 66.8 Å². The number of rotatable bonds is 5. The number of anilines is 3. The molecular weight excluding hydrogens is 739 g/mol. The van der Waals surface area contributed by atoms with Crippen molar-refractivity contribution in [1.82, 2.24) is 0 Å². The molecule has 2 nitrogen and oxygen atoms in total. The molecule has 9 aromatic carbocycles. The summed E-state index contributed by atoms with van der Waals surface area (Å²) in [7, 11) is 0. The fourth-order valence-corrected chi connectivity index (χ4v) is 10.9. The molecule has 0 aliphatic heterocycles. The molecule has 0 unspecified atom stereocenters. The van der Waals surface area contributed by atoms with Gasteiger partial charge in [0.05, 0.1) is 11.1 Å². The third-order valence-electron chi connectivity index (χ3n) is 13.6. The molecule has 1 heterocycles. The molecule has 1 spiro atoms. The second kappa shape index (κ2) is 13.2. The Morgan fingerprint density at radius 3 is 1.72 bits per heavy atom. The summed E-state index contributed by atoms with van der Waals surface area (Å²) in [4.78, 5) is 2.38. The van der Waals surface area contributed by atoms with Crippen LogP contribution in [0.1, 0.15) is 39.8 Å². The predicted molar refractivity (Wildman–Crippen MR) is 253 cm³/mol. The van der Waals surface area contributed by atoms with Crippen LogP contribution in [-0.4, -0.2) is 0 Å². The molecule has 0 amide bonds. The lowest BCUT2D eigenvalue weighted by molar-refractivity contribution is 0.670. The molecule has 1 aromatic heterocycles. The molecule has 0 saturated heterocycles. The summed E-state index contributed by atoms with van der Waals surface area (Å²) in [6.07, 6.45) is 6.71. The number of fused-ring (bicyclic) bond motifs is 14. The van der Waals surface area contributed by atoms with Crippen LogP contribution in [0.5, 0.6) is 0 Å². The van der Waals surface area contributed by atoms with Crippen LogP contribution >= 0.6 is 0 Å². The van der Waals surface area contributed by atoms with Crippen molar-refractivity contribution in [3.05, 3.63) is 240 Å². The molecule has 286 valence electrons. The van der Waals surface area contributed by atoms with Gasteiger partial charge in [-0.3, -0.25) is 0 Å². The van der Waals surface area contributed by atoms with Gasteiger partial charge in [0.15, 0.2) is 5.58 Å². The van der Waals surface area contributed by atoms with Gasteiger partial charge < -0.3 is 9.32 Å². The molecule has 0 fully saturated rings. The Kier molecular flexibility index (Phi) is 7.38. The average molecular weight is 778 g/mol. The van der Waals surface area contributed by atoms with E-state index in [0.717, 1.165) is 63.0 Å². The van der Waals surface area contributed by atoms with Crippen molar-refractivity contribution in [2.24, 2.45) is 0 Å². The third kappa shape index (κ3) is 4.91. The van der Waals surface area contributed by atoms with Crippen molar-refractivity contribution >= 4 is 45.1 Å². The summed E-state index contributed by atoms with van der Waals surface area (Å²) in [5.74, 6) is 0. The van der Waals surface area contributed by atoms with Crippen molar-refractivity contribution in [1.29, 1.82) is 0 Å². The van der Waals surface area contributed by atoms with Crippen molar-refractivity contribution in [2.45, 2.75) is 18.3 Å². The predicted octanol–water partition coefficient (Wildman–Crippen LogP) is 15.7. The summed E-state index contributed by atoms with van der Waals surface area (Å²) in [5, 5.41) is 2.22. The Hall–Kier alpha value is -7.68. The van der Waals surface area contributed by atoms with E-state index >= 15 is 0 Å². The highest BCUT2D eigenvalue weighted by atomic mass is 16.3. The summed E-state index contributed by atoms with van der Waals surface area (Å²) < 4.78 is 7.01. The van der Waals surface area contributed by atoms with Crippen LogP contribution in [0.3, 0.4) is 0 Å². The fraction of sp³-hybridized carbons (Fsp3) is 0.0508. The standard InChI is InChI=1S/C59H39NO/c1-2-15-40(16-3-1)45-21-12-22-50-51-23-13-27-56(58(51)61-57(45)50)60(44-34-30-38-14-4-5-17-41(38)36-44)43-32-28-39(29-33-43)42-31-35-49-48-20-8-11-26-54(48)59(55(49)37-42)52-24-9-6-18-46(52)47-19-7-10-25-53(47)59/h1-3,5-13,15-37H,4,14H2. The SMILES string of the molecule is C1=Cc2cc(N(c3ccc(-c4ccc5c(c4)C4(c6ccccc6-c6ccccc64)c4ccccc4-5)cc3)c3cccc4c3oc3c(-c5ccccc5)cccc34)ccc2CC1. The Labute approximate surface area is 355 Å². The van der Waals surface area contributed by atoms with Gasteiger partial charge in [-0.05, 0) is 122 Å². The zero-order valence-corrected chi connectivity index (χ0v) is 33.5. The molecule has 0 bridgehead atoms. The van der Waals surface area contributed by atoms with Gasteiger partial charge in [-0.25, -0.2) is 0 Å². The van der Waals surface area contributed by atoms with Crippen molar-refractivity contribution in [3.63, 3.8) is 0 Å². The second-order valence-corrected chi connectivity index (χ2v) is 16.7. The lowest BCUT2D eigenvalue weighted by Gasteiger charge is -2.30. The number of furan rings is 1. The van der Waals surface area contributed by atoms with Crippen LogP contribution in [0.15, 0.2) is 211 Å². The quantitative estimate of drug-likeness (QED) is 0.173. The van der Waals surface area contributed by atoms with Crippen LogP contribution < -0.4 is 4.90 Å². The van der Waals surface area contributed by atoms with Crippen molar-refractivity contribution < 1.29 is 4.42 Å². The highest BCUT2D eigenvalue weighted by Crippen LogP contribution is 2.63. The van der Waals surface area contributed by atoms with Gasteiger partial charge in [0.25, 0.3) is 0 Å². The van der Waals surface area contributed by atoms with Crippen LogP contribution in [-0.2, 0) is 11.8 Å². The zero-order valence-electron chi connectivity index (χ0n) is 33.5. The van der Waals surface area contributed by atoms with Crippen LogP contribution in [0, 0.1) is 0 Å². The molecule has 10 aromatic rings. The number of aryl methyl sites for hydroxylation is 1. The number of benzene rings is 9. The Balaban J connectivity index is 0.971. The molecule has 0 radical (unpaired) electrons. The number of hydrogen-bond acceptors (Lipinski definition) is 2. The molecule has 61 heavy (non-hydrogen) atoms. The molecule has 0 N–H and O–H groups in total. The van der Waals surface area contributed by atoms with E-state index in [1.54, 1.807) is 0 Å². The van der Waals surface area contributed by atoms with Crippen LogP contribution in [0.4, 0.5) is 17.1 Å². The highest BCUT2D eigenvalue weighted by molar-refractivity contribution is 6.13. The van der Waals surface area contributed by atoms with E-state index in [2.05, 4.69) is 217 Å². The Morgan fingerprint density at radius 2 is 1.00 bits per heavy atom. The first-order valence-corrected chi connectivity index (χ1v) is 21.4. The molecule has 13 rings (SSSR count). The van der Waals surface area contributed by atoms with Gasteiger partial charge in [0.2, 0.25) is 0 Å².